The molecule has 0 aliphatic carbocycles. The number of piperazine rings is 1. The molecule has 3 aromatic rings. The number of hydrogen-bond donors (Lipinski definition) is 0. The Hall–Kier alpha value is -2.90. The number of pyridine rings is 1. The third-order valence-electron chi connectivity index (χ3n) is 6.38. The van der Waals surface area contributed by atoms with E-state index in [0.717, 1.165) is 22.6 Å². The van der Waals surface area contributed by atoms with Gasteiger partial charge in [0, 0.05) is 49.3 Å². The number of carbonyl (C=O) groups excluding carboxylic acids is 2. The van der Waals surface area contributed by atoms with Gasteiger partial charge in [0.25, 0.3) is 0 Å². The highest BCUT2D eigenvalue weighted by atomic mass is 35.5. The number of hydrogen-bond acceptors (Lipinski definition) is 5. The van der Waals surface area contributed by atoms with E-state index in [0.29, 0.717) is 37.5 Å². The molecule has 2 saturated heterocycles. The van der Waals surface area contributed by atoms with E-state index in [2.05, 4.69) is 9.30 Å². The van der Waals surface area contributed by atoms with Crippen molar-refractivity contribution in [2.75, 3.05) is 13.1 Å². The summed E-state index contributed by atoms with van der Waals surface area (Å²) in [6, 6.07) is 13.3. The Balaban J connectivity index is 1.44. The molecule has 5 rings (SSSR count). The van der Waals surface area contributed by atoms with Crippen LogP contribution in [0, 0.1) is 0 Å². The van der Waals surface area contributed by atoms with E-state index in [1.807, 2.05) is 69.4 Å². The summed E-state index contributed by atoms with van der Waals surface area (Å²) < 4.78 is 7.78. The molecule has 178 valence electrons. The van der Waals surface area contributed by atoms with Crippen molar-refractivity contribution in [3.63, 3.8) is 0 Å². The van der Waals surface area contributed by atoms with Crippen molar-refractivity contribution in [2.45, 2.75) is 57.8 Å². The molecule has 0 N–H and O–H groups in total. The van der Waals surface area contributed by atoms with Gasteiger partial charge in [-0.3, -0.25) is 14.6 Å². The predicted molar refractivity (Wildman–Crippen MR) is 131 cm³/mol. The third-order valence-corrected chi connectivity index (χ3v) is 6.63. The number of likely N-dealkylation sites (tertiary alicyclic amines) is 1. The molecular weight excluding hydrogens is 452 g/mol. The van der Waals surface area contributed by atoms with E-state index in [9.17, 15) is 9.59 Å². The summed E-state index contributed by atoms with van der Waals surface area (Å²) in [5, 5.41) is 0.685. The molecule has 7 nitrogen and oxygen atoms in total. The van der Waals surface area contributed by atoms with Crippen LogP contribution in [0.4, 0.5) is 4.79 Å². The molecule has 2 atom stereocenters. The number of carbonyl (C=O) groups is 2. The largest absolute Gasteiger partial charge is 0.444 e. The van der Waals surface area contributed by atoms with E-state index in [1.165, 1.54) is 0 Å². The number of benzene rings is 1. The van der Waals surface area contributed by atoms with Crippen LogP contribution in [0.2, 0.25) is 5.02 Å². The fourth-order valence-electron chi connectivity index (χ4n) is 5.07. The van der Waals surface area contributed by atoms with Crippen LogP contribution in [-0.4, -0.2) is 61.8 Å². The van der Waals surface area contributed by atoms with Crippen molar-refractivity contribution in [3.8, 4) is 11.3 Å². The number of amides is 1. The van der Waals surface area contributed by atoms with Gasteiger partial charge in [0.2, 0.25) is 0 Å². The number of nitrogens with zero attached hydrogens (tertiary/aromatic N) is 4. The number of imidazole rings is 1. The Labute approximate surface area is 204 Å². The normalized spacial score (nSPS) is 21.2. The van der Waals surface area contributed by atoms with Crippen molar-refractivity contribution in [3.05, 3.63) is 59.4 Å². The highest BCUT2D eigenvalue weighted by Gasteiger charge is 2.44. The zero-order chi connectivity index (χ0) is 24.0. The van der Waals surface area contributed by atoms with Gasteiger partial charge in [-0.2, -0.15) is 0 Å². The summed E-state index contributed by atoms with van der Waals surface area (Å²) in [5.74, 6) is 0.214. The summed E-state index contributed by atoms with van der Waals surface area (Å²) >= 11 is 6.11. The van der Waals surface area contributed by atoms with Gasteiger partial charge in [0.1, 0.15) is 17.0 Å². The number of halogens is 1. The Morgan fingerprint density at radius 3 is 2.41 bits per heavy atom. The number of fused-ring (bicyclic) bond motifs is 3. The van der Waals surface area contributed by atoms with E-state index in [-0.39, 0.29) is 24.0 Å². The van der Waals surface area contributed by atoms with Crippen molar-refractivity contribution in [1.82, 2.24) is 19.2 Å². The summed E-state index contributed by atoms with van der Waals surface area (Å²) in [4.78, 5) is 34.4. The molecule has 2 aromatic heterocycles. The molecule has 0 radical (unpaired) electrons. The van der Waals surface area contributed by atoms with Crippen LogP contribution >= 0.6 is 11.6 Å². The van der Waals surface area contributed by atoms with Gasteiger partial charge in [-0.05, 0) is 45.0 Å². The Kier molecular flexibility index (Phi) is 5.86. The minimum absolute atomic E-state index is 0.187. The highest BCUT2D eigenvalue weighted by molar-refractivity contribution is 6.30. The molecular formula is C26H29ClN4O3. The second-order valence-corrected chi connectivity index (χ2v) is 10.6. The summed E-state index contributed by atoms with van der Waals surface area (Å²) in [7, 11) is 0. The quantitative estimate of drug-likeness (QED) is 0.538. The molecule has 1 aromatic carbocycles. The second kappa shape index (κ2) is 8.71. The molecule has 8 heteroatoms. The minimum atomic E-state index is -0.573. The molecule has 34 heavy (non-hydrogen) atoms. The monoisotopic (exact) mass is 480 g/mol. The predicted octanol–water partition coefficient (Wildman–Crippen LogP) is 4.81. The SMILES string of the molecule is CC(C)(C)OC(=O)N1C2CC(=O)CC1CN(Cc1c(-c3ccc(Cl)cc3)nc3ccccn13)C2. The standard InChI is InChI=1S/C26H29ClN4O3/c1-26(2,3)34-25(33)31-19-12-21(32)13-20(31)15-29(14-19)16-22-24(17-7-9-18(27)10-8-17)28-23-6-4-5-11-30(22)23/h4-11,19-20H,12-16H2,1-3H3. The molecule has 2 aliphatic rings. The molecule has 2 aliphatic heterocycles. The Morgan fingerprint density at radius 2 is 1.76 bits per heavy atom. The first kappa shape index (κ1) is 22.9. The molecule has 4 heterocycles. The molecule has 0 saturated carbocycles. The van der Waals surface area contributed by atoms with Crippen LogP contribution in [0.5, 0.6) is 0 Å². The van der Waals surface area contributed by atoms with Crippen molar-refractivity contribution < 1.29 is 14.3 Å². The number of Topliss-reactive ketones (excluding diaryl/α,β-unsaturated/α-hetero) is 1. The first-order chi connectivity index (χ1) is 16.2. The van der Waals surface area contributed by atoms with E-state index in [1.54, 1.807) is 4.90 Å². The number of piperidine rings is 1. The van der Waals surface area contributed by atoms with Gasteiger partial charge in [-0.25, -0.2) is 9.78 Å². The highest BCUT2D eigenvalue weighted by Crippen LogP contribution is 2.32. The summed E-state index contributed by atoms with van der Waals surface area (Å²) in [5.41, 5.74) is 3.30. The number of ketones is 1. The molecule has 1 amide bonds. The first-order valence-corrected chi connectivity index (χ1v) is 12.0. The molecule has 2 unspecified atom stereocenters. The fraction of sp³-hybridized carbons (Fsp3) is 0.423. The van der Waals surface area contributed by atoms with Gasteiger partial charge in [0.15, 0.2) is 0 Å². The lowest BCUT2D eigenvalue weighted by Crippen LogP contribution is -2.64. The zero-order valence-electron chi connectivity index (χ0n) is 19.7. The van der Waals surface area contributed by atoms with E-state index < -0.39 is 5.60 Å². The Bertz CT molecular complexity index is 1210. The van der Waals surface area contributed by atoms with Gasteiger partial charge >= 0.3 is 6.09 Å². The number of rotatable bonds is 3. The lowest BCUT2D eigenvalue weighted by Gasteiger charge is -2.49. The van der Waals surface area contributed by atoms with Crippen molar-refractivity contribution in [2.24, 2.45) is 0 Å². The lowest BCUT2D eigenvalue weighted by molar-refractivity contribution is -0.128. The van der Waals surface area contributed by atoms with Crippen molar-refractivity contribution >= 4 is 29.1 Å². The maximum atomic E-state index is 12.9. The fourth-order valence-corrected chi connectivity index (χ4v) is 5.20. The topological polar surface area (TPSA) is 67.2 Å². The van der Waals surface area contributed by atoms with Gasteiger partial charge in [-0.1, -0.05) is 29.8 Å². The third kappa shape index (κ3) is 4.55. The maximum Gasteiger partial charge on any atom is 0.410 e. The van der Waals surface area contributed by atoms with Gasteiger partial charge in [0.05, 0.1) is 23.5 Å². The van der Waals surface area contributed by atoms with Gasteiger partial charge < -0.3 is 9.14 Å². The van der Waals surface area contributed by atoms with Crippen LogP contribution in [0.25, 0.3) is 16.9 Å². The van der Waals surface area contributed by atoms with Crippen molar-refractivity contribution in [1.29, 1.82) is 0 Å². The average molecular weight is 481 g/mol. The van der Waals surface area contributed by atoms with Crippen LogP contribution in [-0.2, 0) is 16.1 Å². The smallest absolute Gasteiger partial charge is 0.410 e. The first-order valence-electron chi connectivity index (χ1n) is 11.7. The zero-order valence-corrected chi connectivity index (χ0v) is 20.5. The molecule has 2 fully saturated rings. The van der Waals surface area contributed by atoms with Crippen LogP contribution in [0.15, 0.2) is 48.7 Å². The van der Waals surface area contributed by atoms with Crippen LogP contribution in [0.3, 0.4) is 0 Å². The Morgan fingerprint density at radius 1 is 1.09 bits per heavy atom. The second-order valence-electron chi connectivity index (χ2n) is 10.2. The van der Waals surface area contributed by atoms with E-state index >= 15 is 0 Å². The molecule has 2 bridgehead atoms. The molecule has 0 spiro atoms. The van der Waals surface area contributed by atoms with E-state index in [4.69, 9.17) is 21.3 Å². The minimum Gasteiger partial charge on any atom is -0.444 e. The average Bonchev–Trinajstić information content (AvgIpc) is 3.10. The summed E-state index contributed by atoms with van der Waals surface area (Å²) in [6.45, 7) is 7.48. The number of ether oxygens (including phenoxy) is 1. The lowest BCUT2D eigenvalue weighted by atomic mass is 9.90. The van der Waals surface area contributed by atoms with Crippen LogP contribution < -0.4 is 0 Å². The van der Waals surface area contributed by atoms with Crippen LogP contribution in [0.1, 0.15) is 39.3 Å². The summed E-state index contributed by atoms with van der Waals surface area (Å²) in [6.07, 6.45) is 2.43. The maximum absolute atomic E-state index is 12.9. The van der Waals surface area contributed by atoms with Gasteiger partial charge in [-0.15, -0.1) is 0 Å². The number of aromatic nitrogens is 2.